The van der Waals surface area contributed by atoms with Crippen LogP contribution in [0.5, 0.6) is 5.75 Å². The van der Waals surface area contributed by atoms with Crippen LogP contribution in [0.15, 0.2) is 41.3 Å². The molecule has 1 aromatic heterocycles. The van der Waals surface area contributed by atoms with Crippen molar-refractivity contribution >= 4 is 42.6 Å². The fraction of sp³-hybridized carbons (Fsp3) is 0.462. The Morgan fingerprint density at radius 1 is 1.14 bits per heavy atom. The minimum atomic E-state index is -3.60. The molecular formula is C26H34N4O4S2. The van der Waals surface area contributed by atoms with Crippen LogP contribution in [-0.2, 0) is 10.0 Å². The maximum atomic E-state index is 13.7. The molecule has 1 atom stereocenters. The van der Waals surface area contributed by atoms with Gasteiger partial charge in [0.25, 0.3) is 5.91 Å². The summed E-state index contributed by atoms with van der Waals surface area (Å²) >= 11 is 1.46. The third-order valence-electron chi connectivity index (χ3n) is 6.61. The highest BCUT2D eigenvalue weighted by Gasteiger charge is 2.31. The van der Waals surface area contributed by atoms with E-state index in [9.17, 15) is 13.2 Å². The molecule has 8 nitrogen and oxygen atoms in total. The number of carbonyl (C=O) groups excluding carboxylic acids is 1. The predicted octanol–water partition coefficient (Wildman–Crippen LogP) is 4.38. The van der Waals surface area contributed by atoms with E-state index in [0.717, 1.165) is 35.0 Å². The summed E-state index contributed by atoms with van der Waals surface area (Å²) in [7, 11) is 1.92. The lowest BCUT2D eigenvalue weighted by Gasteiger charge is -2.32. The first kappa shape index (κ1) is 26.5. The smallest absolute Gasteiger partial charge is 0.260 e. The normalized spacial score (nSPS) is 17.0. The second kappa shape index (κ2) is 10.8. The number of ether oxygens (including phenoxy) is 1. The maximum Gasteiger partial charge on any atom is 0.260 e. The third kappa shape index (κ3) is 5.27. The highest BCUT2D eigenvalue weighted by atomic mass is 32.2. The molecule has 1 amide bonds. The lowest BCUT2D eigenvalue weighted by molar-refractivity contribution is 0.0985. The number of amides is 1. The van der Waals surface area contributed by atoms with Crippen molar-refractivity contribution < 1.29 is 17.9 Å². The highest BCUT2D eigenvalue weighted by molar-refractivity contribution is 7.89. The quantitative estimate of drug-likeness (QED) is 0.430. The molecule has 0 saturated carbocycles. The number of likely N-dealkylation sites (N-methyl/N-ethyl adjacent to an activating group) is 1. The fourth-order valence-corrected chi connectivity index (χ4v) is 7.23. The number of anilines is 1. The van der Waals surface area contributed by atoms with Crippen molar-refractivity contribution in [1.82, 2.24) is 14.2 Å². The number of carbonyl (C=O) groups is 1. The number of piperidine rings is 1. The summed E-state index contributed by atoms with van der Waals surface area (Å²) < 4.78 is 34.5. The maximum absolute atomic E-state index is 13.7. The number of rotatable bonds is 8. The lowest BCUT2D eigenvalue weighted by Crippen LogP contribution is -2.41. The van der Waals surface area contributed by atoms with Crippen molar-refractivity contribution in [2.24, 2.45) is 0 Å². The van der Waals surface area contributed by atoms with Crippen molar-refractivity contribution in [1.29, 1.82) is 0 Å². The second-order valence-corrected chi connectivity index (χ2v) is 12.4. The van der Waals surface area contributed by atoms with Crippen molar-refractivity contribution in [3.05, 3.63) is 47.5 Å². The van der Waals surface area contributed by atoms with Gasteiger partial charge >= 0.3 is 0 Å². The molecule has 10 heteroatoms. The number of nitrogens with zero attached hydrogens (tertiary/aromatic N) is 4. The zero-order valence-electron chi connectivity index (χ0n) is 21.5. The number of benzene rings is 2. The summed E-state index contributed by atoms with van der Waals surface area (Å²) in [6.45, 7) is 5.59. The van der Waals surface area contributed by atoms with Gasteiger partial charge < -0.3 is 9.64 Å². The molecule has 3 aromatic rings. The SMILES string of the molecule is COc1ccc(C)c2sc(N(CCN(C)C)C(=O)c3ccc(S(=O)(=O)N4CCCC[C@H]4C)cc3)nc12. The number of thiazole rings is 1. The molecule has 1 aliphatic heterocycles. The van der Waals surface area contributed by atoms with E-state index in [1.165, 1.54) is 11.3 Å². The number of aromatic nitrogens is 1. The molecule has 36 heavy (non-hydrogen) atoms. The molecule has 0 spiro atoms. The van der Waals surface area contributed by atoms with Crippen LogP contribution in [0.1, 0.15) is 42.1 Å². The van der Waals surface area contributed by atoms with Crippen LogP contribution in [0.3, 0.4) is 0 Å². The lowest BCUT2D eigenvalue weighted by atomic mass is 10.1. The summed E-state index contributed by atoms with van der Waals surface area (Å²) in [5.41, 5.74) is 2.22. The van der Waals surface area contributed by atoms with E-state index in [2.05, 4.69) is 0 Å². The largest absolute Gasteiger partial charge is 0.494 e. The molecule has 0 N–H and O–H groups in total. The van der Waals surface area contributed by atoms with Crippen molar-refractivity contribution in [3.63, 3.8) is 0 Å². The van der Waals surface area contributed by atoms with Gasteiger partial charge in [0.05, 0.1) is 16.7 Å². The Morgan fingerprint density at radius 2 is 1.86 bits per heavy atom. The number of fused-ring (bicyclic) bond motifs is 1. The van der Waals surface area contributed by atoms with Crippen LogP contribution in [0, 0.1) is 6.92 Å². The van der Waals surface area contributed by atoms with Crippen molar-refractivity contribution in [2.45, 2.75) is 44.0 Å². The van der Waals surface area contributed by atoms with Gasteiger partial charge in [-0.05, 0) is 76.7 Å². The van der Waals surface area contributed by atoms with Gasteiger partial charge in [0, 0.05) is 31.2 Å². The minimum absolute atomic E-state index is 0.0222. The van der Waals surface area contributed by atoms with Crippen LogP contribution >= 0.6 is 11.3 Å². The molecule has 2 heterocycles. The summed E-state index contributed by atoms with van der Waals surface area (Å²) in [5, 5.41) is 0.586. The summed E-state index contributed by atoms with van der Waals surface area (Å²) in [6.07, 6.45) is 2.77. The Hall–Kier alpha value is -2.53. The van der Waals surface area contributed by atoms with Crippen molar-refractivity contribution in [3.8, 4) is 5.75 Å². The fourth-order valence-electron chi connectivity index (χ4n) is 4.45. The zero-order valence-corrected chi connectivity index (χ0v) is 23.2. The zero-order chi connectivity index (χ0) is 26.0. The van der Waals surface area contributed by atoms with E-state index in [-0.39, 0.29) is 16.8 Å². The van der Waals surface area contributed by atoms with Gasteiger partial charge in [0.1, 0.15) is 11.3 Å². The Kier molecular flexibility index (Phi) is 7.99. The summed E-state index contributed by atoms with van der Waals surface area (Å²) in [6, 6.07) is 10.1. The first-order valence-corrected chi connectivity index (χ1v) is 14.4. The van der Waals surface area contributed by atoms with Gasteiger partial charge in [-0.2, -0.15) is 4.31 Å². The molecule has 194 valence electrons. The van der Waals surface area contributed by atoms with E-state index in [4.69, 9.17) is 9.72 Å². The van der Waals surface area contributed by atoms with E-state index in [1.807, 2.05) is 45.0 Å². The topological polar surface area (TPSA) is 83.0 Å². The Balaban J connectivity index is 1.66. The predicted molar refractivity (Wildman–Crippen MR) is 145 cm³/mol. The summed E-state index contributed by atoms with van der Waals surface area (Å²) in [4.78, 5) is 22.3. The third-order valence-corrected chi connectivity index (χ3v) is 9.85. The Bertz CT molecular complexity index is 1340. The average molecular weight is 531 g/mol. The molecule has 2 aromatic carbocycles. The second-order valence-electron chi connectivity index (χ2n) is 9.50. The monoisotopic (exact) mass is 530 g/mol. The van der Waals surface area contributed by atoms with E-state index < -0.39 is 10.0 Å². The van der Waals surface area contributed by atoms with Crippen LogP contribution < -0.4 is 9.64 Å². The molecule has 1 fully saturated rings. The van der Waals surface area contributed by atoms with Gasteiger partial charge in [0.2, 0.25) is 10.0 Å². The molecular weight excluding hydrogens is 496 g/mol. The number of hydrogen-bond acceptors (Lipinski definition) is 7. The molecule has 1 aliphatic rings. The molecule has 4 rings (SSSR count). The standard InChI is InChI=1S/C26H34N4O4S2/c1-18-9-14-22(34-5)23-24(18)35-26(27-23)29(17-16-28(3)4)25(31)20-10-12-21(13-11-20)36(32,33)30-15-7-6-8-19(30)2/h9-14,19H,6-8,15-17H2,1-5H3/t19-/m1/s1. The number of hydrogen-bond donors (Lipinski definition) is 0. The van der Waals surface area contributed by atoms with Crippen LogP contribution in [-0.4, -0.2) is 75.4 Å². The highest BCUT2D eigenvalue weighted by Crippen LogP contribution is 2.37. The Labute approximate surface area is 217 Å². The van der Waals surface area contributed by atoms with Gasteiger partial charge in [-0.1, -0.05) is 23.8 Å². The van der Waals surface area contributed by atoms with E-state index in [0.29, 0.717) is 36.1 Å². The first-order chi connectivity index (χ1) is 17.1. The van der Waals surface area contributed by atoms with Crippen LogP contribution in [0.25, 0.3) is 10.2 Å². The Morgan fingerprint density at radius 3 is 2.50 bits per heavy atom. The molecule has 0 unspecified atom stereocenters. The van der Waals surface area contributed by atoms with Crippen LogP contribution in [0.2, 0.25) is 0 Å². The molecule has 0 bridgehead atoms. The minimum Gasteiger partial charge on any atom is -0.494 e. The number of aryl methyl sites for hydroxylation is 1. The molecule has 0 aliphatic carbocycles. The first-order valence-electron chi connectivity index (χ1n) is 12.2. The van der Waals surface area contributed by atoms with E-state index >= 15 is 0 Å². The van der Waals surface area contributed by atoms with Gasteiger partial charge in [-0.25, -0.2) is 13.4 Å². The van der Waals surface area contributed by atoms with E-state index in [1.54, 1.807) is 40.6 Å². The van der Waals surface area contributed by atoms with Gasteiger partial charge in [-0.3, -0.25) is 9.69 Å². The average Bonchev–Trinajstić information content (AvgIpc) is 3.30. The number of methoxy groups -OCH3 is 1. The van der Waals surface area contributed by atoms with Gasteiger partial charge in [-0.15, -0.1) is 0 Å². The molecule has 0 radical (unpaired) electrons. The number of sulfonamides is 1. The molecule has 1 saturated heterocycles. The summed E-state index contributed by atoms with van der Waals surface area (Å²) in [5.74, 6) is 0.447. The van der Waals surface area contributed by atoms with Gasteiger partial charge in [0.15, 0.2) is 5.13 Å². The van der Waals surface area contributed by atoms with Crippen LogP contribution in [0.4, 0.5) is 5.13 Å². The van der Waals surface area contributed by atoms with Crippen molar-refractivity contribution in [2.75, 3.05) is 45.7 Å².